The fourth-order valence-corrected chi connectivity index (χ4v) is 3.08. The standard InChI is InChI=1S/C10H10O3/c1-10-3-2-5(4-10)6-7(10)9(12)13-8(6)11/h2-3,5-7H,4H2,1H3/t5-,6?,7?,10+/m1/s1. The van der Waals surface area contributed by atoms with E-state index in [4.69, 9.17) is 0 Å². The number of carbonyl (C=O) groups is 2. The van der Waals surface area contributed by atoms with Crippen molar-refractivity contribution < 1.29 is 14.3 Å². The minimum absolute atomic E-state index is 0.113. The Labute approximate surface area is 75.8 Å². The molecule has 3 rings (SSSR count). The number of fused-ring (bicyclic) bond motifs is 5. The normalized spacial score (nSPS) is 51.3. The van der Waals surface area contributed by atoms with Crippen LogP contribution in [0, 0.1) is 23.2 Å². The lowest BCUT2D eigenvalue weighted by Crippen LogP contribution is -2.28. The second-order valence-corrected chi connectivity index (χ2v) is 4.48. The molecule has 1 saturated carbocycles. The van der Waals surface area contributed by atoms with E-state index in [0.29, 0.717) is 0 Å². The molecule has 13 heavy (non-hydrogen) atoms. The zero-order valence-electron chi connectivity index (χ0n) is 7.32. The van der Waals surface area contributed by atoms with Crippen LogP contribution in [-0.4, -0.2) is 11.9 Å². The van der Waals surface area contributed by atoms with Gasteiger partial charge in [0.15, 0.2) is 0 Å². The third kappa shape index (κ3) is 0.666. The van der Waals surface area contributed by atoms with Crippen LogP contribution in [-0.2, 0) is 14.3 Å². The minimum Gasteiger partial charge on any atom is -0.393 e. The minimum atomic E-state index is -0.315. The molecule has 2 unspecified atom stereocenters. The summed E-state index contributed by atoms with van der Waals surface area (Å²) in [5.74, 6) is -0.760. The SMILES string of the molecule is C[C@]12C=C[C@H](C1)C1C(=O)OC(=O)C12. The van der Waals surface area contributed by atoms with Gasteiger partial charge in [-0.2, -0.15) is 0 Å². The molecule has 0 aromatic heterocycles. The Kier molecular flexibility index (Phi) is 1.05. The van der Waals surface area contributed by atoms with Gasteiger partial charge in [-0.25, -0.2) is 0 Å². The predicted molar refractivity (Wildman–Crippen MR) is 43.4 cm³/mol. The fraction of sp³-hybridized carbons (Fsp3) is 0.600. The van der Waals surface area contributed by atoms with Crippen molar-refractivity contribution in [1.82, 2.24) is 0 Å². The molecule has 2 aliphatic carbocycles. The van der Waals surface area contributed by atoms with E-state index in [0.717, 1.165) is 6.42 Å². The molecule has 2 bridgehead atoms. The monoisotopic (exact) mass is 178 g/mol. The van der Waals surface area contributed by atoms with E-state index in [1.165, 1.54) is 0 Å². The van der Waals surface area contributed by atoms with Gasteiger partial charge in [0, 0.05) is 5.41 Å². The number of esters is 2. The number of hydrogen-bond acceptors (Lipinski definition) is 3. The number of cyclic esters (lactones) is 2. The lowest BCUT2D eigenvalue weighted by molar-refractivity contribution is -0.155. The van der Waals surface area contributed by atoms with E-state index < -0.39 is 0 Å². The van der Waals surface area contributed by atoms with Crippen LogP contribution in [0.4, 0.5) is 0 Å². The quantitative estimate of drug-likeness (QED) is 0.314. The van der Waals surface area contributed by atoms with Gasteiger partial charge in [0.25, 0.3) is 0 Å². The summed E-state index contributed by atoms with van der Waals surface area (Å²) < 4.78 is 4.66. The van der Waals surface area contributed by atoms with Crippen molar-refractivity contribution in [3.8, 4) is 0 Å². The topological polar surface area (TPSA) is 43.4 Å². The molecule has 3 heteroatoms. The van der Waals surface area contributed by atoms with Gasteiger partial charge in [-0.05, 0) is 12.3 Å². The first-order valence-electron chi connectivity index (χ1n) is 4.57. The molecule has 4 atom stereocenters. The summed E-state index contributed by atoms with van der Waals surface area (Å²) in [5.41, 5.74) is -0.113. The van der Waals surface area contributed by atoms with Crippen molar-refractivity contribution in [1.29, 1.82) is 0 Å². The number of carbonyl (C=O) groups excluding carboxylic acids is 2. The van der Waals surface area contributed by atoms with Crippen molar-refractivity contribution in [3.05, 3.63) is 12.2 Å². The maximum atomic E-state index is 11.4. The summed E-state index contributed by atoms with van der Waals surface area (Å²) in [6.45, 7) is 2.04. The van der Waals surface area contributed by atoms with Crippen LogP contribution < -0.4 is 0 Å². The molecule has 1 saturated heterocycles. The molecule has 0 spiro atoms. The van der Waals surface area contributed by atoms with Crippen LogP contribution >= 0.6 is 0 Å². The smallest absolute Gasteiger partial charge is 0.318 e. The van der Waals surface area contributed by atoms with E-state index in [2.05, 4.69) is 16.9 Å². The first-order valence-corrected chi connectivity index (χ1v) is 4.57. The van der Waals surface area contributed by atoms with Crippen molar-refractivity contribution in [2.45, 2.75) is 13.3 Å². The van der Waals surface area contributed by atoms with Crippen LogP contribution in [0.2, 0.25) is 0 Å². The highest BCUT2D eigenvalue weighted by Gasteiger charge is 2.63. The van der Waals surface area contributed by atoms with Gasteiger partial charge >= 0.3 is 11.9 Å². The van der Waals surface area contributed by atoms with Gasteiger partial charge in [-0.15, -0.1) is 0 Å². The van der Waals surface area contributed by atoms with E-state index in [9.17, 15) is 9.59 Å². The van der Waals surface area contributed by atoms with Crippen molar-refractivity contribution >= 4 is 11.9 Å². The Bertz CT molecular complexity index is 344. The summed E-state index contributed by atoms with van der Waals surface area (Å²) in [4.78, 5) is 22.7. The fourth-order valence-electron chi connectivity index (χ4n) is 3.08. The van der Waals surface area contributed by atoms with Gasteiger partial charge < -0.3 is 4.74 Å². The average molecular weight is 178 g/mol. The average Bonchev–Trinajstić information content (AvgIpc) is 2.62. The lowest BCUT2D eigenvalue weighted by atomic mass is 9.76. The van der Waals surface area contributed by atoms with Crippen LogP contribution in [0.5, 0.6) is 0 Å². The molecule has 0 radical (unpaired) electrons. The lowest BCUT2D eigenvalue weighted by Gasteiger charge is -2.23. The zero-order chi connectivity index (χ0) is 9.22. The highest BCUT2D eigenvalue weighted by Crippen LogP contribution is 2.59. The van der Waals surface area contributed by atoms with Gasteiger partial charge in [-0.3, -0.25) is 9.59 Å². The Hall–Kier alpha value is -1.12. The molecule has 0 aromatic rings. The second-order valence-electron chi connectivity index (χ2n) is 4.48. The van der Waals surface area contributed by atoms with Crippen molar-refractivity contribution in [2.24, 2.45) is 23.2 Å². The summed E-state index contributed by atoms with van der Waals surface area (Å²) >= 11 is 0. The molecular weight excluding hydrogens is 168 g/mol. The maximum absolute atomic E-state index is 11.4. The summed E-state index contributed by atoms with van der Waals surface area (Å²) in [6, 6.07) is 0. The Balaban J connectivity index is 2.13. The number of allylic oxidation sites excluding steroid dienone is 2. The largest absolute Gasteiger partial charge is 0.393 e. The highest BCUT2D eigenvalue weighted by atomic mass is 16.6. The second kappa shape index (κ2) is 1.86. The number of ether oxygens (including phenoxy) is 1. The molecule has 3 nitrogen and oxygen atoms in total. The first kappa shape index (κ1) is 7.30. The molecule has 1 heterocycles. The van der Waals surface area contributed by atoms with Crippen LogP contribution in [0.15, 0.2) is 12.2 Å². The van der Waals surface area contributed by atoms with E-state index in [-0.39, 0.29) is 35.1 Å². The highest BCUT2D eigenvalue weighted by molar-refractivity contribution is 5.98. The van der Waals surface area contributed by atoms with Crippen LogP contribution in [0.25, 0.3) is 0 Å². The number of hydrogen-bond donors (Lipinski definition) is 0. The van der Waals surface area contributed by atoms with Crippen molar-refractivity contribution in [3.63, 3.8) is 0 Å². The molecule has 68 valence electrons. The van der Waals surface area contributed by atoms with Crippen molar-refractivity contribution in [2.75, 3.05) is 0 Å². The number of rotatable bonds is 0. The van der Waals surface area contributed by atoms with Gasteiger partial charge in [-0.1, -0.05) is 19.1 Å². The summed E-state index contributed by atoms with van der Waals surface area (Å²) in [5, 5.41) is 0. The zero-order valence-corrected chi connectivity index (χ0v) is 7.32. The Morgan fingerprint density at radius 3 is 2.92 bits per heavy atom. The predicted octanol–water partition coefficient (Wildman–Crippen LogP) is 0.898. The maximum Gasteiger partial charge on any atom is 0.318 e. The van der Waals surface area contributed by atoms with E-state index in [1.54, 1.807) is 0 Å². The first-order chi connectivity index (χ1) is 6.12. The summed E-state index contributed by atoms with van der Waals surface area (Å²) in [6.07, 6.45) is 5.06. The van der Waals surface area contributed by atoms with Gasteiger partial charge in [0.05, 0.1) is 11.8 Å². The molecule has 0 aromatic carbocycles. The van der Waals surface area contributed by atoms with Crippen LogP contribution in [0.3, 0.4) is 0 Å². The van der Waals surface area contributed by atoms with Crippen LogP contribution in [0.1, 0.15) is 13.3 Å². The summed E-state index contributed by atoms with van der Waals surface area (Å²) in [7, 11) is 0. The molecule has 1 aliphatic heterocycles. The molecular formula is C10H10O3. The van der Waals surface area contributed by atoms with Gasteiger partial charge in [0.2, 0.25) is 0 Å². The molecule has 3 aliphatic rings. The third-order valence-electron chi connectivity index (χ3n) is 3.66. The van der Waals surface area contributed by atoms with Gasteiger partial charge in [0.1, 0.15) is 0 Å². The molecule has 2 fully saturated rings. The Morgan fingerprint density at radius 2 is 2.23 bits per heavy atom. The molecule has 0 N–H and O–H groups in total. The van der Waals surface area contributed by atoms with E-state index >= 15 is 0 Å². The molecule has 0 amide bonds. The Morgan fingerprint density at radius 1 is 1.46 bits per heavy atom. The third-order valence-corrected chi connectivity index (χ3v) is 3.66. The van der Waals surface area contributed by atoms with E-state index in [1.807, 2.05) is 6.92 Å².